The molecule has 7 rings (SSSR count). The molecule has 5 atom stereocenters. The number of rotatable bonds is 4. The van der Waals surface area contributed by atoms with Crippen molar-refractivity contribution in [2.75, 3.05) is 39.8 Å². The number of carbonyl (C=O) groups excluding carboxylic acids is 1. The monoisotopic (exact) mass is 509 g/mol. The van der Waals surface area contributed by atoms with E-state index >= 15 is 0 Å². The lowest BCUT2D eigenvalue weighted by Crippen LogP contribution is -2.51. The quantitative estimate of drug-likeness (QED) is 0.667. The lowest BCUT2D eigenvalue weighted by Gasteiger charge is -2.46. The number of ether oxygens (including phenoxy) is 1. The fourth-order valence-corrected chi connectivity index (χ4v) is 7.91. The van der Waals surface area contributed by atoms with Gasteiger partial charge in [-0.15, -0.1) is 0 Å². The maximum absolute atomic E-state index is 14.1. The lowest BCUT2D eigenvalue weighted by atomic mass is 9.74. The standard InChI is InChI=1S/C29H40FN5O2/c1-19-32-25-16-33(28(36)37-3)11-10-26(25)35(19)27-13-23-9-5-7-21(27)15-34(23)18-29(2)17-31-14-24(29)20-6-4-8-22(30)12-20/h4,6,8,12,21,23-24,27,31H,5,7,9-11,13-18H2,1-3H3/t21?,23-,24-,27+,29+/m1/s1. The van der Waals surface area contributed by atoms with Crippen LogP contribution in [-0.2, 0) is 17.7 Å². The summed E-state index contributed by atoms with van der Waals surface area (Å²) in [5.41, 5.74) is 3.55. The molecule has 4 fully saturated rings. The number of halogens is 1. The van der Waals surface area contributed by atoms with Crippen LogP contribution in [0.5, 0.6) is 0 Å². The Morgan fingerprint density at radius 1 is 1.32 bits per heavy atom. The van der Waals surface area contributed by atoms with E-state index in [-0.39, 0.29) is 17.3 Å². The maximum Gasteiger partial charge on any atom is 0.409 e. The molecule has 37 heavy (non-hydrogen) atoms. The highest BCUT2D eigenvalue weighted by atomic mass is 19.1. The zero-order valence-electron chi connectivity index (χ0n) is 22.4. The van der Waals surface area contributed by atoms with Gasteiger partial charge in [0.25, 0.3) is 0 Å². The molecular formula is C29H40FN5O2. The summed E-state index contributed by atoms with van der Waals surface area (Å²) in [6, 6.07) is 8.24. The van der Waals surface area contributed by atoms with Crippen molar-refractivity contribution in [1.29, 1.82) is 0 Å². The molecule has 1 saturated carbocycles. The molecule has 4 aliphatic heterocycles. The molecule has 3 saturated heterocycles. The van der Waals surface area contributed by atoms with Crippen LogP contribution < -0.4 is 5.32 Å². The average Bonchev–Trinajstić information content (AvgIpc) is 3.26. The molecule has 1 amide bonds. The van der Waals surface area contributed by atoms with Crippen LogP contribution in [-0.4, -0.2) is 71.3 Å². The smallest absolute Gasteiger partial charge is 0.409 e. The van der Waals surface area contributed by atoms with Gasteiger partial charge in [0.15, 0.2) is 0 Å². The zero-order chi connectivity index (χ0) is 25.7. The van der Waals surface area contributed by atoms with Crippen molar-refractivity contribution in [3.8, 4) is 0 Å². The van der Waals surface area contributed by atoms with Crippen molar-refractivity contribution in [3.63, 3.8) is 0 Å². The molecule has 5 heterocycles. The minimum Gasteiger partial charge on any atom is -0.453 e. The van der Waals surface area contributed by atoms with E-state index in [1.807, 2.05) is 6.07 Å². The lowest BCUT2D eigenvalue weighted by molar-refractivity contribution is 0.0442. The normalized spacial score (nSPS) is 31.8. The summed E-state index contributed by atoms with van der Waals surface area (Å²) >= 11 is 0. The number of methoxy groups -OCH3 is 1. The fourth-order valence-electron chi connectivity index (χ4n) is 7.91. The Morgan fingerprint density at radius 3 is 3.00 bits per heavy atom. The van der Waals surface area contributed by atoms with Gasteiger partial charge in [-0.05, 0) is 49.8 Å². The van der Waals surface area contributed by atoms with Crippen molar-refractivity contribution in [2.45, 2.75) is 70.5 Å². The molecule has 2 bridgehead atoms. The minimum atomic E-state index is -0.270. The third-order valence-corrected chi connectivity index (χ3v) is 9.68. The van der Waals surface area contributed by atoms with Gasteiger partial charge in [-0.3, -0.25) is 4.90 Å². The Labute approximate surface area is 219 Å². The predicted octanol–water partition coefficient (Wildman–Crippen LogP) is 4.26. The van der Waals surface area contributed by atoms with E-state index in [9.17, 15) is 9.18 Å². The molecule has 0 radical (unpaired) electrons. The van der Waals surface area contributed by atoms with Gasteiger partial charge in [-0.25, -0.2) is 14.2 Å². The Kier molecular flexibility index (Phi) is 6.51. The topological polar surface area (TPSA) is 62.6 Å². The summed E-state index contributed by atoms with van der Waals surface area (Å²) in [4.78, 5) is 21.6. The number of nitrogens with zero attached hydrogens (tertiary/aromatic N) is 4. The molecule has 1 aromatic heterocycles. The number of carbonyl (C=O) groups is 1. The number of benzene rings is 1. The Morgan fingerprint density at radius 2 is 2.19 bits per heavy atom. The number of aromatic nitrogens is 2. The molecule has 5 aliphatic rings. The van der Waals surface area contributed by atoms with Gasteiger partial charge in [0.05, 0.1) is 19.3 Å². The molecule has 2 aromatic rings. The van der Waals surface area contributed by atoms with Crippen LogP contribution in [0.25, 0.3) is 0 Å². The largest absolute Gasteiger partial charge is 0.453 e. The van der Waals surface area contributed by atoms with Gasteiger partial charge < -0.3 is 19.5 Å². The first-order chi connectivity index (χ1) is 17.9. The number of fused-ring (bicyclic) bond motifs is 5. The third-order valence-electron chi connectivity index (χ3n) is 9.68. The van der Waals surface area contributed by atoms with Gasteiger partial charge in [0.1, 0.15) is 11.6 Å². The van der Waals surface area contributed by atoms with Crippen molar-refractivity contribution in [2.24, 2.45) is 11.3 Å². The van der Waals surface area contributed by atoms with Gasteiger partial charge in [0, 0.05) is 68.3 Å². The first-order valence-electron chi connectivity index (χ1n) is 14.0. The number of piperidine rings is 1. The van der Waals surface area contributed by atoms with E-state index < -0.39 is 0 Å². The molecular weight excluding hydrogens is 469 g/mol. The Bertz CT molecular complexity index is 1170. The molecule has 7 nitrogen and oxygen atoms in total. The first-order valence-corrected chi connectivity index (χ1v) is 14.0. The highest BCUT2D eigenvalue weighted by molar-refractivity contribution is 5.67. The fraction of sp³-hybridized carbons (Fsp3) is 0.655. The summed E-state index contributed by atoms with van der Waals surface area (Å²) in [6.45, 7) is 9.78. The Balaban J connectivity index is 1.22. The van der Waals surface area contributed by atoms with E-state index in [1.54, 1.807) is 17.0 Å². The molecule has 1 N–H and O–H groups in total. The SMILES string of the molecule is COC(=O)N1CCc2c(nc(C)n2[C@H]2C[C@H]3CCCC2CN3C[C@]2(C)CNC[C@@H]2c2cccc(F)c2)C1. The van der Waals surface area contributed by atoms with Gasteiger partial charge in [0.2, 0.25) is 0 Å². The first kappa shape index (κ1) is 24.9. The zero-order valence-corrected chi connectivity index (χ0v) is 22.4. The summed E-state index contributed by atoms with van der Waals surface area (Å²) in [7, 11) is 1.44. The summed E-state index contributed by atoms with van der Waals surface area (Å²) in [6.07, 6.45) is 5.49. The summed E-state index contributed by atoms with van der Waals surface area (Å²) < 4.78 is 21.5. The van der Waals surface area contributed by atoms with Crippen molar-refractivity contribution in [1.82, 2.24) is 24.7 Å². The molecule has 1 aromatic carbocycles. The number of nitrogens with one attached hydrogen (secondary N) is 1. The molecule has 200 valence electrons. The van der Waals surface area contributed by atoms with Crippen LogP contribution >= 0.6 is 0 Å². The second-order valence-corrected chi connectivity index (χ2v) is 12.0. The van der Waals surface area contributed by atoms with Crippen LogP contribution in [0.15, 0.2) is 24.3 Å². The summed E-state index contributed by atoms with van der Waals surface area (Å²) in [5, 5.41) is 3.62. The van der Waals surface area contributed by atoms with Crippen molar-refractivity contribution in [3.05, 3.63) is 52.9 Å². The maximum atomic E-state index is 14.1. The van der Waals surface area contributed by atoms with Gasteiger partial charge >= 0.3 is 6.09 Å². The van der Waals surface area contributed by atoms with E-state index in [4.69, 9.17) is 9.72 Å². The van der Waals surface area contributed by atoms with E-state index in [0.717, 1.165) is 56.1 Å². The average molecular weight is 510 g/mol. The number of imidazole rings is 1. The number of amides is 1. The number of aryl methyl sites for hydroxylation is 1. The van der Waals surface area contributed by atoms with E-state index in [0.29, 0.717) is 37.0 Å². The second-order valence-electron chi connectivity index (χ2n) is 12.0. The number of hydrogen-bond acceptors (Lipinski definition) is 5. The number of hydrogen-bond donors (Lipinski definition) is 1. The van der Waals surface area contributed by atoms with E-state index in [2.05, 4.69) is 34.7 Å². The van der Waals surface area contributed by atoms with Crippen LogP contribution in [0.3, 0.4) is 0 Å². The second kappa shape index (κ2) is 9.70. The van der Waals surface area contributed by atoms with Gasteiger partial charge in [-0.2, -0.15) is 0 Å². The molecule has 8 heteroatoms. The molecule has 0 spiro atoms. The molecule has 1 aliphatic carbocycles. The Hall–Kier alpha value is -2.45. The predicted molar refractivity (Wildman–Crippen MR) is 140 cm³/mol. The van der Waals surface area contributed by atoms with E-state index in [1.165, 1.54) is 32.1 Å². The highest BCUT2D eigenvalue weighted by Crippen LogP contribution is 2.46. The van der Waals surface area contributed by atoms with Crippen molar-refractivity contribution >= 4 is 6.09 Å². The summed E-state index contributed by atoms with van der Waals surface area (Å²) in [5.74, 6) is 1.86. The van der Waals surface area contributed by atoms with Crippen LogP contribution in [0.1, 0.15) is 67.3 Å². The minimum absolute atomic E-state index is 0.0786. The highest BCUT2D eigenvalue weighted by Gasteiger charge is 2.46. The van der Waals surface area contributed by atoms with Gasteiger partial charge in [-0.1, -0.05) is 25.5 Å². The molecule has 1 unspecified atom stereocenters. The van der Waals surface area contributed by atoms with Crippen molar-refractivity contribution < 1.29 is 13.9 Å². The third kappa shape index (κ3) is 4.46. The van der Waals surface area contributed by atoms with Crippen LogP contribution in [0.4, 0.5) is 9.18 Å². The van der Waals surface area contributed by atoms with Crippen LogP contribution in [0, 0.1) is 24.1 Å². The van der Waals surface area contributed by atoms with Crippen LogP contribution in [0.2, 0.25) is 0 Å².